The minimum absolute atomic E-state index is 0.155. The van der Waals surface area contributed by atoms with Crippen molar-refractivity contribution in [3.8, 4) is 5.75 Å². The topological polar surface area (TPSA) is 21.3 Å². The van der Waals surface area contributed by atoms with Gasteiger partial charge in [0.05, 0.1) is 11.1 Å². The van der Waals surface area contributed by atoms with E-state index in [1.54, 1.807) is 0 Å². The van der Waals surface area contributed by atoms with Crippen LogP contribution in [0.3, 0.4) is 0 Å². The third-order valence-electron chi connectivity index (χ3n) is 2.79. The standard InChI is InChI=1S/C15H16ClNO/c1-17-14(12-7-3-2-4-8-12)11-18-15-10-6-5-9-13(15)16/h2-10,14,17H,11H2,1H3. The molecule has 0 saturated carbocycles. The number of ether oxygens (including phenoxy) is 1. The van der Waals surface area contributed by atoms with Crippen LogP contribution in [0.15, 0.2) is 54.6 Å². The van der Waals surface area contributed by atoms with E-state index < -0.39 is 0 Å². The Hall–Kier alpha value is -1.51. The van der Waals surface area contributed by atoms with E-state index in [2.05, 4.69) is 17.4 Å². The van der Waals surface area contributed by atoms with E-state index in [1.165, 1.54) is 5.56 Å². The molecule has 0 fully saturated rings. The molecule has 1 N–H and O–H groups in total. The van der Waals surface area contributed by atoms with Crippen molar-refractivity contribution in [3.05, 3.63) is 65.2 Å². The van der Waals surface area contributed by atoms with Crippen LogP contribution in [-0.2, 0) is 0 Å². The highest BCUT2D eigenvalue weighted by Gasteiger charge is 2.10. The largest absolute Gasteiger partial charge is 0.490 e. The summed E-state index contributed by atoms with van der Waals surface area (Å²) in [4.78, 5) is 0. The van der Waals surface area contributed by atoms with Gasteiger partial charge in [0.25, 0.3) is 0 Å². The quantitative estimate of drug-likeness (QED) is 0.887. The van der Waals surface area contributed by atoms with E-state index in [-0.39, 0.29) is 6.04 Å². The van der Waals surface area contributed by atoms with Gasteiger partial charge in [-0.25, -0.2) is 0 Å². The van der Waals surface area contributed by atoms with Crippen molar-refractivity contribution in [2.24, 2.45) is 0 Å². The normalized spacial score (nSPS) is 12.1. The van der Waals surface area contributed by atoms with Gasteiger partial charge in [-0.3, -0.25) is 0 Å². The Labute approximate surface area is 113 Å². The molecule has 2 nitrogen and oxygen atoms in total. The summed E-state index contributed by atoms with van der Waals surface area (Å²) in [5.74, 6) is 0.718. The summed E-state index contributed by atoms with van der Waals surface area (Å²) in [6, 6.07) is 17.9. The van der Waals surface area contributed by atoms with Crippen molar-refractivity contribution in [3.63, 3.8) is 0 Å². The van der Waals surface area contributed by atoms with Gasteiger partial charge in [-0.1, -0.05) is 54.1 Å². The number of halogens is 1. The lowest BCUT2D eigenvalue weighted by Crippen LogP contribution is -2.23. The van der Waals surface area contributed by atoms with Gasteiger partial charge >= 0.3 is 0 Å². The summed E-state index contributed by atoms with van der Waals surface area (Å²) in [7, 11) is 1.92. The van der Waals surface area contributed by atoms with E-state index in [4.69, 9.17) is 16.3 Å². The van der Waals surface area contributed by atoms with Gasteiger partial charge in [0.1, 0.15) is 12.4 Å². The maximum absolute atomic E-state index is 6.05. The van der Waals surface area contributed by atoms with Crippen molar-refractivity contribution in [1.29, 1.82) is 0 Å². The summed E-state index contributed by atoms with van der Waals surface area (Å²) in [5, 5.41) is 3.88. The second-order valence-electron chi connectivity index (χ2n) is 3.99. The van der Waals surface area contributed by atoms with Gasteiger partial charge < -0.3 is 10.1 Å². The van der Waals surface area contributed by atoms with Gasteiger partial charge in [0.2, 0.25) is 0 Å². The van der Waals surface area contributed by atoms with Gasteiger partial charge in [0.15, 0.2) is 0 Å². The molecule has 0 aliphatic heterocycles. The van der Waals surface area contributed by atoms with E-state index in [0.717, 1.165) is 5.75 Å². The van der Waals surface area contributed by atoms with Crippen LogP contribution in [-0.4, -0.2) is 13.7 Å². The summed E-state index contributed by atoms with van der Waals surface area (Å²) in [5.41, 5.74) is 1.20. The van der Waals surface area contributed by atoms with Gasteiger partial charge in [-0.05, 0) is 24.7 Å². The molecule has 0 aliphatic carbocycles. The molecular formula is C15H16ClNO. The molecule has 1 atom stereocenters. The monoisotopic (exact) mass is 261 g/mol. The van der Waals surface area contributed by atoms with Crippen molar-refractivity contribution < 1.29 is 4.74 Å². The highest BCUT2D eigenvalue weighted by atomic mass is 35.5. The van der Waals surface area contributed by atoms with Gasteiger partial charge in [-0.15, -0.1) is 0 Å². The zero-order valence-electron chi connectivity index (χ0n) is 10.3. The lowest BCUT2D eigenvalue weighted by atomic mass is 10.1. The average Bonchev–Trinajstić information content (AvgIpc) is 2.42. The maximum atomic E-state index is 6.05. The summed E-state index contributed by atoms with van der Waals surface area (Å²) >= 11 is 6.05. The van der Waals surface area contributed by atoms with Gasteiger partial charge in [0, 0.05) is 0 Å². The average molecular weight is 262 g/mol. The van der Waals surface area contributed by atoms with E-state index in [0.29, 0.717) is 11.6 Å². The highest BCUT2D eigenvalue weighted by molar-refractivity contribution is 6.32. The molecule has 0 aromatic heterocycles. The molecule has 94 valence electrons. The zero-order valence-corrected chi connectivity index (χ0v) is 11.0. The summed E-state index contributed by atoms with van der Waals surface area (Å²) < 4.78 is 5.75. The van der Waals surface area contributed by atoms with Crippen molar-refractivity contribution >= 4 is 11.6 Å². The first-order chi connectivity index (χ1) is 8.81. The molecule has 0 spiro atoms. The molecule has 0 radical (unpaired) electrons. The molecule has 0 amide bonds. The van der Waals surface area contributed by atoms with Crippen LogP contribution in [0.5, 0.6) is 5.75 Å². The summed E-state index contributed by atoms with van der Waals surface area (Å²) in [6.07, 6.45) is 0. The number of hydrogen-bond acceptors (Lipinski definition) is 2. The first-order valence-corrected chi connectivity index (χ1v) is 6.28. The zero-order chi connectivity index (χ0) is 12.8. The molecule has 0 bridgehead atoms. The second-order valence-corrected chi connectivity index (χ2v) is 4.40. The fourth-order valence-electron chi connectivity index (χ4n) is 1.77. The smallest absolute Gasteiger partial charge is 0.137 e. The maximum Gasteiger partial charge on any atom is 0.137 e. The van der Waals surface area contributed by atoms with Crippen LogP contribution < -0.4 is 10.1 Å². The molecule has 18 heavy (non-hydrogen) atoms. The van der Waals surface area contributed by atoms with Gasteiger partial charge in [-0.2, -0.15) is 0 Å². The molecular weight excluding hydrogens is 246 g/mol. The van der Waals surface area contributed by atoms with E-state index >= 15 is 0 Å². The Balaban J connectivity index is 2.02. The molecule has 0 saturated heterocycles. The minimum atomic E-state index is 0.155. The Bertz CT molecular complexity index is 487. The SMILES string of the molecule is CNC(COc1ccccc1Cl)c1ccccc1. The number of hydrogen-bond donors (Lipinski definition) is 1. The van der Waals surface area contributed by atoms with E-state index in [9.17, 15) is 0 Å². The third-order valence-corrected chi connectivity index (χ3v) is 3.10. The molecule has 2 rings (SSSR count). The first kappa shape index (κ1) is 12.9. The third kappa shape index (κ3) is 3.25. The minimum Gasteiger partial charge on any atom is -0.490 e. The van der Waals surface area contributed by atoms with Crippen LogP contribution in [0.25, 0.3) is 0 Å². The highest BCUT2D eigenvalue weighted by Crippen LogP contribution is 2.24. The fraction of sp³-hybridized carbons (Fsp3) is 0.200. The molecule has 0 aliphatic rings. The van der Waals surface area contributed by atoms with Crippen LogP contribution in [0.4, 0.5) is 0 Å². The summed E-state index contributed by atoms with van der Waals surface area (Å²) in [6.45, 7) is 0.546. The lowest BCUT2D eigenvalue weighted by molar-refractivity contribution is 0.273. The number of benzene rings is 2. The predicted octanol–water partition coefficient (Wildman–Crippen LogP) is 3.68. The van der Waals surface area contributed by atoms with Crippen LogP contribution in [0, 0.1) is 0 Å². The Kier molecular flexibility index (Phi) is 4.62. The molecule has 1 unspecified atom stereocenters. The predicted molar refractivity (Wildman–Crippen MR) is 75.2 cm³/mol. The van der Waals surface area contributed by atoms with Crippen LogP contribution >= 0.6 is 11.6 Å². The van der Waals surface area contributed by atoms with Crippen molar-refractivity contribution in [2.45, 2.75) is 6.04 Å². The number of likely N-dealkylation sites (N-methyl/N-ethyl adjacent to an activating group) is 1. The number of rotatable bonds is 5. The Morgan fingerprint density at radius 1 is 1.06 bits per heavy atom. The lowest BCUT2D eigenvalue weighted by Gasteiger charge is -2.17. The number of para-hydroxylation sites is 1. The van der Waals surface area contributed by atoms with Crippen LogP contribution in [0.2, 0.25) is 5.02 Å². The Morgan fingerprint density at radius 3 is 2.39 bits per heavy atom. The van der Waals surface area contributed by atoms with Crippen LogP contribution in [0.1, 0.15) is 11.6 Å². The first-order valence-electron chi connectivity index (χ1n) is 5.91. The van der Waals surface area contributed by atoms with Crippen molar-refractivity contribution in [2.75, 3.05) is 13.7 Å². The fourth-order valence-corrected chi connectivity index (χ4v) is 1.96. The molecule has 3 heteroatoms. The number of nitrogens with one attached hydrogen (secondary N) is 1. The molecule has 0 heterocycles. The molecule has 2 aromatic rings. The second kappa shape index (κ2) is 6.43. The Morgan fingerprint density at radius 2 is 1.72 bits per heavy atom. The van der Waals surface area contributed by atoms with Crippen molar-refractivity contribution in [1.82, 2.24) is 5.32 Å². The van der Waals surface area contributed by atoms with E-state index in [1.807, 2.05) is 49.5 Å². The molecule has 2 aromatic carbocycles.